The summed E-state index contributed by atoms with van der Waals surface area (Å²) in [6.07, 6.45) is -0.350. The molecule has 4 heterocycles. The molecular weight excluding hydrogens is 401 g/mol. The van der Waals surface area contributed by atoms with Gasteiger partial charge in [-0.3, -0.25) is 9.48 Å². The molecule has 1 saturated heterocycles. The highest BCUT2D eigenvalue weighted by Crippen LogP contribution is 2.28. The Kier molecular flexibility index (Phi) is 5.63. The van der Waals surface area contributed by atoms with Gasteiger partial charge in [-0.2, -0.15) is 18.3 Å². The van der Waals surface area contributed by atoms with Crippen LogP contribution in [0.2, 0.25) is 0 Å². The van der Waals surface area contributed by atoms with E-state index in [1.54, 1.807) is 6.20 Å². The number of halogens is 3. The highest BCUT2D eigenvalue weighted by atomic mass is 19.4. The van der Waals surface area contributed by atoms with Gasteiger partial charge in [-0.15, -0.1) is 0 Å². The molecule has 0 aromatic carbocycles. The van der Waals surface area contributed by atoms with Crippen molar-refractivity contribution in [1.82, 2.24) is 25.1 Å². The Labute approximate surface area is 171 Å². The summed E-state index contributed by atoms with van der Waals surface area (Å²) in [5, 5.41) is 6.41. The van der Waals surface area contributed by atoms with Gasteiger partial charge >= 0.3 is 6.18 Å². The topological polar surface area (TPSA) is 85.2 Å². The van der Waals surface area contributed by atoms with E-state index in [9.17, 15) is 18.0 Å². The van der Waals surface area contributed by atoms with Gasteiger partial charge in [-0.25, -0.2) is 9.97 Å². The molecule has 0 spiro atoms. The summed E-state index contributed by atoms with van der Waals surface area (Å²) < 4.78 is 44.9. The number of anilines is 1. The Morgan fingerprint density at radius 3 is 3.00 bits per heavy atom. The minimum absolute atomic E-state index is 0.132. The molecule has 1 N–H and O–H groups in total. The van der Waals surface area contributed by atoms with Gasteiger partial charge in [0.1, 0.15) is 6.54 Å². The molecule has 0 unspecified atom stereocenters. The zero-order valence-electron chi connectivity index (χ0n) is 16.6. The van der Waals surface area contributed by atoms with E-state index >= 15 is 0 Å². The van der Waals surface area contributed by atoms with Crippen LogP contribution >= 0.6 is 0 Å². The summed E-state index contributed by atoms with van der Waals surface area (Å²) in [7, 11) is 0. The maximum absolute atomic E-state index is 12.8. The lowest BCUT2D eigenvalue weighted by Crippen LogP contribution is -2.49. The third-order valence-electron chi connectivity index (χ3n) is 5.32. The predicted molar refractivity (Wildman–Crippen MR) is 101 cm³/mol. The molecule has 0 aliphatic carbocycles. The Morgan fingerprint density at radius 1 is 1.40 bits per heavy atom. The van der Waals surface area contributed by atoms with Gasteiger partial charge in [-0.1, -0.05) is 0 Å². The van der Waals surface area contributed by atoms with Crippen molar-refractivity contribution in [3.8, 4) is 0 Å². The quantitative estimate of drug-likeness (QED) is 0.807. The third-order valence-corrected chi connectivity index (χ3v) is 5.32. The van der Waals surface area contributed by atoms with Crippen LogP contribution in [-0.2, 0) is 35.3 Å². The van der Waals surface area contributed by atoms with Crippen molar-refractivity contribution < 1.29 is 22.7 Å². The van der Waals surface area contributed by atoms with Crippen molar-refractivity contribution in [3.63, 3.8) is 0 Å². The fraction of sp³-hybridized carbons (Fsp3) is 0.579. The standard InChI is InChI=1S/C19H23F3N6O2/c1-12-7-16(19(20,21)22)26-28(12)10-17(29)24-14-3-2-5-27(9-14)18-23-8-13-11-30-6-4-15(13)25-18/h7-8,14H,2-6,9-11H2,1H3,(H,24,29)/t14-/m1/s1. The number of carbonyl (C=O) groups excluding carboxylic acids is 1. The molecule has 4 rings (SSSR count). The normalized spacial score (nSPS) is 19.5. The second kappa shape index (κ2) is 8.21. The van der Waals surface area contributed by atoms with Crippen molar-refractivity contribution in [2.75, 3.05) is 24.6 Å². The van der Waals surface area contributed by atoms with Crippen molar-refractivity contribution in [1.29, 1.82) is 0 Å². The molecule has 1 amide bonds. The van der Waals surface area contributed by atoms with Crippen molar-refractivity contribution in [3.05, 3.63) is 34.9 Å². The SMILES string of the molecule is Cc1cc(C(F)(F)F)nn1CC(=O)N[C@@H]1CCCN(c2ncc3c(n2)CCOC3)C1. The number of ether oxygens (including phenoxy) is 1. The number of aromatic nitrogens is 4. The number of amides is 1. The predicted octanol–water partition coefficient (Wildman–Crippen LogP) is 1.86. The lowest BCUT2D eigenvalue weighted by Gasteiger charge is -2.33. The summed E-state index contributed by atoms with van der Waals surface area (Å²) in [5.74, 6) is 0.262. The summed E-state index contributed by atoms with van der Waals surface area (Å²) in [4.78, 5) is 23.5. The molecule has 162 valence electrons. The van der Waals surface area contributed by atoms with Crippen LogP contribution in [0.5, 0.6) is 0 Å². The highest BCUT2D eigenvalue weighted by Gasteiger charge is 2.34. The molecule has 2 aromatic heterocycles. The molecule has 30 heavy (non-hydrogen) atoms. The van der Waals surface area contributed by atoms with E-state index in [0.717, 1.165) is 47.8 Å². The summed E-state index contributed by atoms with van der Waals surface area (Å²) >= 11 is 0. The number of aryl methyl sites for hydroxylation is 1. The zero-order valence-corrected chi connectivity index (χ0v) is 16.6. The Morgan fingerprint density at radius 2 is 2.23 bits per heavy atom. The third kappa shape index (κ3) is 4.55. The van der Waals surface area contributed by atoms with E-state index < -0.39 is 11.9 Å². The van der Waals surface area contributed by atoms with Crippen LogP contribution in [-0.4, -0.2) is 51.4 Å². The number of piperidine rings is 1. The largest absolute Gasteiger partial charge is 0.435 e. The van der Waals surface area contributed by atoms with Crippen LogP contribution in [0.4, 0.5) is 19.1 Å². The first-order valence-corrected chi connectivity index (χ1v) is 9.88. The minimum atomic E-state index is -4.53. The van der Waals surface area contributed by atoms with Crippen LogP contribution in [0.3, 0.4) is 0 Å². The van der Waals surface area contributed by atoms with Crippen LogP contribution in [0.1, 0.15) is 35.5 Å². The minimum Gasteiger partial charge on any atom is -0.376 e. The molecule has 2 aromatic rings. The Hall–Kier alpha value is -2.69. The fourth-order valence-corrected chi connectivity index (χ4v) is 3.77. The molecule has 1 atom stereocenters. The van der Waals surface area contributed by atoms with Crippen LogP contribution in [0.15, 0.2) is 12.3 Å². The van der Waals surface area contributed by atoms with Crippen LogP contribution < -0.4 is 10.2 Å². The first kappa shape index (κ1) is 20.6. The average Bonchev–Trinajstić information content (AvgIpc) is 3.08. The number of alkyl halides is 3. The lowest BCUT2D eigenvalue weighted by molar-refractivity contribution is -0.141. The van der Waals surface area contributed by atoms with Gasteiger partial charge in [0.2, 0.25) is 11.9 Å². The summed E-state index contributed by atoms with van der Waals surface area (Å²) in [5.41, 5.74) is 1.28. The van der Waals surface area contributed by atoms with E-state index in [0.29, 0.717) is 25.7 Å². The average molecular weight is 424 g/mol. The molecule has 8 nitrogen and oxygen atoms in total. The number of carbonyl (C=O) groups is 1. The molecule has 0 saturated carbocycles. The summed E-state index contributed by atoms with van der Waals surface area (Å²) in [6.45, 7) is 3.74. The van der Waals surface area contributed by atoms with E-state index in [1.807, 2.05) is 4.90 Å². The smallest absolute Gasteiger partial charge is 0.376 e. The van der Waals surface area contributed by atoms with Crippen molar-refractivity contribution in [2.24, 2.45) is 0 Å². The van der Waals surface area contributed by atoms with E-state index in [4.69, 9.17) is 4.74 Å². The molecule has 0 radical (unpaired) electrons. The zero-order chi connectivity index (χ0) is 21.3. The second-order valence-electron chi connectivity index (χ2n) is 7.62. The van der Waals surface area contributed by atoms with Gasteiger partial charge in [0.15, 0.2) is 5.69 Å². The van der Waals surface area contributed by atoms with Crippen molar-refractivity contribution >= 4 is 11.9 Å². The van der Waals surface area contributed by atoms with E-state index in [-0.39, 0.29) is 24.2 Å². The highest BCUT2D eigenvalue weighted by molar-refractivity contribution is 5.76. The molecule has 2 aliphatic rings. The molecule has 2 aliphatic heterocycles. The van der Waals surface area contributed by atoms with Gasteiger partial charge in [0, 0.05) is 43.0 Å². The molecule has 0 bridgehead atoms. The Balaban J connectivity index is 1.37. The number of fused-ring (bicyclic) bond motifs is 1. The van der Waals surface area contributed by atoms with Crippen LogP contribution in [0.25, 0.3) is 0 Å². The Bertz CT molecular complexity index is 929. The summed E-state index contributed by atoms with van der Waals surface area (Å²) in [6, 6.07) is 0.806. The molecule has 11 heteroatoms. The maximum atomic E-state index is 12.8. The fourth-order valence-electron chi connectivity index (χ4n) is 3.77. The van der Waals surface area contributed by atoms with Crippen molar-refractivity contribution in [2.45, 2.75) is 51.6 Å². The van der Waals surface area contributed by atoms with E-state index in [1.165, 1.54) is 6.92 Å². The molecular formula is C19H23F3N6O2. The van der Waals surface area contributed by atoms with Gasteiger partial charge in [0.05, 0.1) is 18.9 Å². The second-order valence-corrected chi connectivity index (χ2v) is 7.62. The number of hydrogen-bond acceptors (Lipinski definition) is 6. The number of nitrogens with zero attached hydrogens (tertiary/aromatic N) is 5. The van der Waals surface area contributed by atoms with Gasteiger partial charge < -0.3 is 15.0 Å². The molecule has 1 fully saturated rings. The first-order chi connectivity index (χ1) is 14.3. The van der Waals surface area contributed by atoms with Gasteiger partial charge in [-0.05, 0) is 25.8 Å². The maximum Gasteiger partial charge on any atom is 0.435 e. The number of nitrogens with one attached hydrogen (secondary N) is 1. The van der Waals surface area contributed by atoms with Gasteiger partial charge in [0.25, 0.3) is 0 Å². The first-order valence-electron chi connectivity index (χ1n) is 9.88. The monoisotopic (exact) mass is 424 g/mol. The van der Waals surface area contributed by atoms with E-state index in [2.05, 4.69) is 20.4 Å². The lowest BCUT2D eigenvalue weighted by atomic mass is 10.1. The number of rotatable bonds is 4. The number of hydrogen-bond donors (Lipinski definition) is 1. The van der Waals surface area contributed by atoms with Crippen LogP contribution in [0, 0.1) is 6.92 Å².